The highest BCUT2D eigenvalue weighted by Gasteiger charge is 2.23. The second-order valence-corrected chi connectivity index (χ2v) is 9.43. The first-order valence-corrected chi connectivity index (χ1v) is 12.0. The van der Waals surface area contributed by atoms with Gasteiger partial charge in [-0.05, 0) is 53.9 Å². The van der Waals surface area contributed by atoms with Crippen LogP contribution < -0.4 is 10.6 Å². The largest absolute Gasteiger partial charge is 0.506 e. The van der Waals surface area contributed by atoms with E-state index in [-0.39, 0.29) is 27.6 Å². The van der Waals surface area contributed by atoms with Crippen molar-refractivity contribution in [3.63, 3.8) is 0 Å². The summed E-state index contributed by atoms with van der Waals surface area (Å²) in [6.07, 6.45) is 5.95. The fourth-order valence-electron chi connectivity index (χ4n) is 3.98. The number of primary amides is 1. The molecule has 0 radical (unpaired) electrons. The fraction of sp³-hybridized carbons (Fsp3) is 0.259. The van der Waals surface area contributed by atoms with Crippen molar-refractivity contribution in [2.75, 3.05) is 11.9 Å². The number of nitrogens with two attached hydrogens (primary N) is 1. The zero-order valence-corrected chi connectivity index (χ0v) is 21.0. The van der Waals surface area contributed by atoms with Crippen molar-refractivity contribution in [3.05, 3.63) is 81.6 Å². The zero-order chi connectivity index (χ0) is 25.7. The highest BCUT2D eigenvalue weighted by atomic mass is 35.5. The smallest absolute Gasteiger partial charge is 0.262 e. The number of rotatable bonds is 4. The summed E-state index contributed by atoms with van der Waals surface area (Å²) in [6.45, 7) is 2.34. The number of aromatic hydroxyl groups is 1. The molecule has 1 aliphatic carbocycles. The maximum atomic E-state index is 14.1. The Bertz CT molecular complexity index is 1220. The normalized spacial score (nSPS) is 13.2. The number of carbonyl (C=O) groups excluding carboxylic acids is 2. The lowest BCUT2D eigenvalue weighted by molar-refractivity contribution is 0.0984. The Morgan fingerprint density at radius 2 is 1.71 bits per heavy atom. The van der Waals surface area contributed by atoms with Gasteiger partial charge in [0.05, 0.1) is 16.3 Å². The molecule has 2 amide bonds. The number of amides is 2. The Morgan fingerprint density at radius 1 is 1.03 bits per heavy atom. The molecule has 0 aromatic heterocycles. The topological polar surface area (TPSA) is 83.6 Å². The quantitative estimate of drug-likeness (QED) is 0.388. The van der Waals surface area contributed by atoms with E-state index < -0.39 is 17.6 Å². The van der Waals surface area contributed by atoms with Crippen LogP contribution in [0.4, 0.5) is 10.1 Å². The number of phenols is 1. The van der Waals surface area contributed by atoms with Crippen LogP contribution in [0.5, 0.6) is 5.75 Å². The molecule has 0 atom stereocenters. The van der Waals surface area contributed by atoms with Gasteiger partial charge in [-0.3, -0.25) is 9.59 Å². The summed E-state index contributed by atoms with van der Waals surface area (Å²) in [5, 5.41) is 10.8. The van der Waals surface area contributed by atoms with E-state index >= 15 is 0 Å². The number of hydrogen-bond acceptors (Lipinski definition) is 3. The molecular formula is C27H27Cl2FN2O3. The minimum Gasteiger partial charge on any atom is -0.506 e. The van der Waals surface area contributed by atoms with Gasteiger partial charge >= 0.3 is 0 Å². The van der Waals surface area contributed by atoms with Crippen LogP contribution in [-0.4, -0.2) is 24.0 Å². The molecule has 3 N–H and O–H groups in total. The molecule has 0 aliphatic heterocycles. The lowest BCUT2D eigenvalue weighted by Crippen LogP contribution is -2.27. The van der Waals surface area contributed by atoms with E-state index in [0.29, 0.717) is 16.1 Å². The predicted octanol–water partition coefficient (Wildman–Crippen LogP) is 7.08. The molecule has 35 heavy (non-hydrogen) atoms. The van der Waals surface area contributed by atoms with Gasteiger partial charge < -0.3 is 15.7 Å². The van der Waals surface area contributed by atoms with Crippen molar-refractivity contribution < 1.29 is 19.1 Å². The first-order chi connectivity index (χ1) is 16.6. The van der Waals surface area contributed by atoms with Gasteiger partial charge in [0.2, 0.25) is 5.91 Å². The van der Waals surface area contributed by atoms with Crippen LogP contribution in [0.25, 0.3) is 11.1 Å². The number of anilines is 1. The van der Waals surface area contributed by atoms with Crippen molar-refractivity contribution in [1.82, 2.24) is 0 Å². The van der Waals surface area contributed by atoms with Gasteiger partial charge in [0, 0.05) is 23.2 Å². The van der Waals surface area contributed by atoms with Crippen LogP contribution in [0.3, 0.4) is 0 Å². The average Bonchev–Trinajstić information content (AvgIpc) is 3.29. The third kappa shape index (κ3) is 6.32. The van der Waals surface area contributed by atoms with Crippen molar-refractivity contribution in [2.24, 2.45) is 11.7 Å². The van der Waals surface area contributed by atoms with Gasteiger partial charge in [0.15, 0.2) is 0 Å². The number of benzene rings is 3. The predicted molar refractivity (Wildman–Crippen MR) is 139 cm³/mol. The Hall–Kier alpha value is -3.09. The summed E-state index contributed by atoms with van der Waals surface area (Å²) < 4.78 is 14.1. The lowest BCUT2D eigenvalue weighted by Gasteiger charge is -2.20. The molecule has 4 rings (SSSR count). The van der Waals surface area contributed by atoms with Crippen molar-refractivity contribution in [2.45, 2.75) is 32.6 Å². The van der Waals surface area contributed by atoms with Crippen molar-refractivity contribution in [1.29, 1.82) is 0 Å². The molecule has 0 heterocycles. The van der Waals surface area contributed by atoms with Crippen molar-refractivity contribution >= 4 is 40.7 Å². The highest BCUT2D eigenvalue weighted by molar-refractivity contribution is 6.34. The Labute approximate surface area is 214 Å². The molecule has 8 heteroatoms. The summed E-state index contributed by atoms with van der Waals surface area (Å²) in [5.74, 6) is -1.29. The van der Waals surface area contributed by atoms with Gasteiger partial charge in [-0.2, -0.15) is 0 Å². The van der Waals surface area contributed by atoms with Crippen LogP contribution in [0.1, 0.15) is 53.3 Å². The van der Waals surface area contributed by atoms with Crippen LogP contribution >= 0.6 is 23.2 Å². The number of phenolic OH excluding ortho intramolecular Hbond substituents is 1. The van der Waals surface area contributed by atoms with Crippen LogP contribution in [0, 0.1) is 11.7 Å². The second kappa shape index (κ2) is 11.6. The highest BCUT2D eigenvalue weighted by Crippen LogP contribution is 2.36. The maximum Gasteiger partial charge on any atom is 0.262 e. The molecule has 1 aliphatic rings. The van der Waals surface area contributed by atoms with Gasteiger partial charge in [-0.25, -0.2) is 4.39 Å². The summed E-state index contributed by atoms with van der Waals surface area (Å²) in [6, 6.07) is 12.9. The Morgan fingerprint density at radius 3 is 2.26 bits per heavy atom. The first-order valence-electron chi connectivity index (χ1n) is 11.2. The Kier molecular flexibility index (Phi) is 8.76. The van der Waals surface area contributed by atoms with Gasteiger partial charge in [0.25, 0.3) is 5.91 Å². The molecule has 1 fully saturated rings. The lowest BCUT2D eigenvalue weighted by atomic mass is 10.0. The van der Waals surface area contributed by atoms with E-state index in [0.717, 1.165) is 16.9 Å². The third-order valence-corrected chi connectivity index (χ3v) is 6.67. The minimum atomic E-state index is -0.763. The number of nitrogens with zero attached hydrogens (tertiary/aromatic N) is 1. The average molecular weight is 517 g/mol. The number of hydrogen-bond donors (Lipinski definition) is 2. The molecule has 0 spiro atoms. The van der Waals surface area contributed by atoms with E-state index in [9.17, 15) is 19.1 Å². The van der Waals surface area contributed by atoms with E-state index in [1.807, 2.05) is 0 Å². The molecule has 0 unspecified atom stereocenters. The third-order valence-electron chi connectivity index (χ3n) is 6.02. The molecule has 3 aromatic carbocycles. The summed E-state index contributed by atoms with van der Waals surface area (Å²) in [7, 11) is 1.39. The molecule has 5 nitrogen and oxygen atoms in total. The van der Waals surface area contributed by atoms with Crippen molar-refractivity contribution in [3.8, 4) is 16.9 Å². The van der Waals surface area contributed by atoms with Gasteiger partial charge in [0.1, 0.15) is 11.6 Å². The van der Waals surface area contributed by atoms with E-state index in [1.54, 1.807) is 6.07 Å². The van der Waals surface area contributed by atoms with E-state index in [4.69, 9.17) is 28.9 Å². The summed E-state index contributed by atoms with van der Waals surface area (Å²) in [5.41, 5.74) is 6.39. The standard InChI is InChI=1S/C21H15Cl2FN2O3.C6H12/c1-26(21(29)19-15(23)3-2-4-16(19)24)17-8-6-11(10-18(17)27)13-9-12(20(25)28)5-7-14(13)22;1-6-4-2-3-5-6/h2-10,27H,1H3,(H2,25,28);6H,2-5H2,1H3. The van der Waals surface area contributed by atoms with Gasteiger partial charge in [-0.15, -0.1) is 0 Å². The number of halogens is 3. The molecule has 0 saturated heterocycles. The van der Waals surface area contributed by atoms with E-state index in [1.165, 1.54) is 75.2 Å². The first kappa shape index (κ1) is 26.5. The monoisotopic (exact) mass is 516 g/mol. The number of carbonyl (C=O) groups is 2. The minimum absolute atomic E-state index is 0.0343. The van der Waals surface area contributed by atoms with Crippen LogP contribution in [0.2, 0.25) is 10.0 Å². The van der Waals surface area contributed by atoms with Crippen LogP contribution in [-0.2, 0) is 0 Å². The second-order valence-electron chi connectivity index (χ2n) is 8.61. The molecule has 3 aromatic rings. The maximum absolute atomic E-state index is 14.1. The van der Waals surface area contributed by atoms with E-state index in [2.05, 4.69) is 6.92 Å². The SMILES string of the molecule is CC1CCCC1.CN(C(=O)c1c(F)cccc1Cl)c1ccc(-c2cc(C(N)=O)ccc2Cl)cc1O. The molecular weight excluding hydrogens is 490 g/mol. The Balaban J connectivity index is 0.000000497. The molecule has 184 valence electrons. The summed E-state index contributed by atoms with van der Waals surface area (Å²) in [4.78, 5) is 25.2. The molecule has 0 bridgehead atoms. The fourth-order valence-corrected chi connectivity index (χ4v) is 4.45. The molecule has 1 saturated carbocycles. The van der Waals surface area contributed by atoms with Gasteiger partial charge in [-0.1, -0.05) is 67.9 Å². The zero-order valence-electron chi connectivity index (χ0n) is 19.5. The van der Waals surface area contributed by atoms with Crippen LogP contribution in [0.15, 0.2) is 54.6 Å². The summed E-state index contributed by atoms with van der Waals surface area (Å²) >= 11 is 12.2.